The van der Waals surface area contributed by atoms with Crippen LogP contribution in [0.5, 0.6) is 0 Å². The van der Waals surface area contributed by atoms with E-state index < -0.39 is 33.0 Å². The largest absolute Gasteiger partial charge is 0.478 e. The third-order valence-corrected chi connectivity index (χ3v) is 7.24. The summed E-state index contributed by atoms with van der Waals surface area (Å²) in [4.78, 5) is 36.8. The number of hydrogen-bond donors (Lipinski definition) is 2. The lowest BCUT2D eigenvalue weighted by molar-refractivity contribution is -0.384. The van der Waals surface area contributed by atoms with E-state index in [0.717, 1.165) is 15.3 Å². The molecule has 0 spiro atoms. The van der Waals surface area contributed by atoms with E-state index in [-0.39, 0.29) is 42.0 Å². The summed E-state index contributed by atoms with van der Waals surface area (Å²) in [5.74, 6) is -1.28. The number of carboxylic acid groups (broad SMARTS) is 1. The number of hydrogen-bond acceptors (Lipinski definition) is 6. The molecule has 11 nitrogen and oxygen atoms in total. The van der Waals surface area contributed by atoms with Crippen molar-refractivity contribution in [3.8, 4) is 0 Å². The minimum absolute atomic E-state index is 0.00547. The maximum Gasteiger partial charge on any atom is 0.335 e. The van der Waals surface area contributed by atoms with E-state index in [1.165, 1.54) is 49.2 Å². The van der Waals surface area contributed by atoms with Gasteiger partial charge in [-0.05, 0) is 30.5 Å². The normalized spacial score (nSPS) is 16.5. The van der Waals surface area contributed by atoms with E-state index >= 15 is 0 Å². The van der Waals surface area contributed by atoms with Crippen LogP contribution in [0.15, 0.2) is 71.3 Å². The second kappa shape index (κ2) is 11.1. The van der Waals surface area contributed by atoms with Crippen LogP contribution in [-0.2, 0) is 14.8 Å². The zero-order valence-corrected chi connectivity index (χ0v) is 20.5. The third-order valence-electron chi connectivity index (χ3n) is 5.71. The first kappa shape index (κ1) is 26.6. The predicted molar refractivity (Wildman–Crippen MR) is 133 cm³/mol. The minimum Gasteiger partial charge on any atom is -0.478 e. The molecule has 0 fully saturated rings. The molecule has 2 aromatic carbocycles. The van der Waals surface area contributed by atoms with E-state index in [0.29, 0.717) is 0 Å². The van der Waals surface area contributed by atoms with Crippen molar-refractivity contribution in [1.82, 2.24) is 14.5 Å². The Bertz CT molecular complexity index is 1320. The molecule has 0 saturated carbocycles. The molecule has 2 amide bonds. The first-order valence-electron chi connectivity index (χ1n) is 11.0. The van der Waals surface area contributed by atoms with Crippen molar-refractivity contribution in [3.05, 3.63) is 92.5 Å². The zero-order chi connectivity index (χ0) is 26.5. The number of rotatable bonds is 10. The van der Waals surface area contributed by atoms with Crippen molar-refractivity contribution >= 4 is 33.8 Å². The fraction of sp³-hybridized carbons (Fsp3) is 0.250. The van der Waals surface area contributed by atoms with Crippen LogP contribution in [0.1, 0.15) is 30.5 Å². The smallest absolute Gasteiger partial charge is 0.335 e. The van der Waals surface area contributed by atoms with Crippen molar-refractivity contribution < 1.29 is 28.0 Å². The average Bonchev–Trinajstić information content (AvgIpc) is 2.84. The van der Waals surface area contributed by atoms with Crippen molar-refractivity contribution in [2.75, 3.05) is 20.1 Å². The molecular formula is C24H26N4O7S. The summed E-state index contributed by atoms with van der Waals surface area (Å²) in [6.07, 6.45) is 1.68. The number of amides is 2. The van der Waals surface area contributed by atoms with Gasteiger partial charge in [0.2, 0.25) is 10.0 Å². The molecule has 190 valence electrons. The molecule has 1 aliphatic rings. The Kier molecular flexibility index (Phi) is 8.22. The molecule has 1 aliphatic heterocycles. The molecule has 0 aromatic heterocycles. The van der Waals surface area contributed by atoms with Gasteiger partial charge in [0.1, 0.15) is 0 Å². The molecule has 2 N–H and O–H groups in total. The van der Waals surface area contributed by atoms with Crippen LogP contribution in [0.4, 0.5) is 10.5 Å². The van der Waals surface area contributed by atoms with Crippen molar-refractivity contribution in [3.63, 3.8) is 0 Å². The number of sulfonamides is 1. The Balaban J connectivity index is 1.80. The number of urea groups is 1. The second-order valence-corrected chi connectivity index (χ2v) is 10.1. The number of carbonyl (C=O) groups is 2. The highest BCUT2D eigenvalue weighted by Crippen LogP contribution is 2.35. The van der Waals surface area contributed by atoms with Gasteiger partial charge in [-0.25, -0.2) is 22.3 Å². The van der Waals surface area contributed by atoms with Gasteiger partial charge in [0, 0.05) is 43.4 Å². The standard InChI is InChI=1S/C24H26N4O7S/c1-17-21(23(29)30)22(19-10-6-11-20(16-19)28(32)33)27(24(31)25-17)14-7-13-26(2)36(34,35)15-12-18-8-4-3-5-9-18/h3-6,8-12,15-16,22H,7,13-14H2,1-2H3,(H,25,31)(H,29,30). The third kappa shape index (κ3) is 6.15. The Labute approximate surface area is 208 Å². The van der Waals surface area contributed by atoms with Crippen molar-refractivity contribution in [2.24, 2.45) is 0 Å². The van der Waals surface area contributed by atoms with E-state index in [4.69, 9.17) is 0 Å². The fourth-order valence-electron chi connectivity index (χ4n) is 3.86. The molecule has 0 radical (unpaired) electrons. The zero-order valence-electron chi connectivity index (χ0n) is 19.7. The van der Waals surface area contributed by atoms with Crippen LogP contribution >= 0.6 is 0 Å². The Morgan fingerprint density at radius 1 is 1.22 bits per heavy atom. The summed E-state index contributed by atoms with van der Waals surface area (Å²) in [7, 11) is -2.33. The van der Waals surface area contributed by atoms with Crippen molar-refractivity contribution in [1.29, 1.82) is 0 Å². The molecular weight excluding hydrogens is 488 g/mol. The number of nitrogens with zero attached hydrogens (tertiary/aromatic N) is 3. The molecule has 36 heavy (non-hydrogen) atoms. The lowest BCUT2D eigenvalue weighted by Gasteiger charge is -2.37. The molecule has 0 aliphatic carbocycles. The fourth-order valence-corrected chi connectivity index (χ4v) is 4.78. The summed E-state index contributed by atoms with van der Waals surface area (Å²) >= 11 is 0. The van der Waals surface area contributed by atoms with Crippen LogP contribution in [0, 0.1) is 10.1 Å². The summed E-state index contributed by atoms with van der Waals surface area (Å²) < 4.78 is 26.4. The molecule has 3 rings (SSSR count). The van der Waals surface area contributed by atoms with Crippen molar-refractivity contribution in [2.45, 2.75) is 19.4 Å². The molecule has 1 unspecified atom stereocenters. The number of aliphatic carboxylic acids is 1. The van der Waals surface area contributed by atoms with Crippen LogP contribution < -0.4 is 5.32 Å². The SMILES string of the molecule is CC1=C(C(=O)O)C(c2cccc([N+](=O)[O-])c2)N(CCCN(C)S(=O)(=O)C=Cc2ccccc2)C(=O)N1. The van der Waals surface area contributed by atoms with Gasteiger partial charge in [0.15, 0.2) is 0 Å². The first-order valence-corrected chi connectivity index (χ1v) is 12.5. The summed E-state index contributed by atoms with van der Waals surface area (Å²) in [6, 6.07) is 12.7. The average molecular weight is 515 g/mol. The lowest BCUT2D eigenvalue weighted by Crippen LogP contribution is -2.49. The molecule has 12 heteroatoms. The lowest BCUT2D eigenvalue weighted by atomic mass is 9.93. The number of nitrogens with one attached hydrogen (secondary N) is 1. The number of nitro groups is 1. The van der Waals surface area contributed by atoms with Gasteiger partial charge in [0.05, 0.1) is 16.5 Å². The number of non-ortho nitro benzene ring substituents is 1. The van der Waals surface area contributed by atoms with Crippen LogP contribution in [0.2, 0.25) is 0 Å². The minimum atomic E-state index is -3.73. The van der Waals surface area contributed by atoms with Gasteiger partial charge in [-0.2, -0.15) is 0 Å². The maximum absolute atomic E-state index is 12.8. The molecule has 0 bridgehead atoms. The van der Waals surface area contributed by atoms with Gasteiger partial charge in [0.25, 0.3) is 5.69 Å². The molecule has 1 heterocycles. The highest BCUT2D eigenvalue weighted by molar-refractivity contribution is 7.92. The van der Waals surface area contributed by atoms with Gasteiger partial charge < -0.3 is 15.3 Å². The van der Waals surface area contributed by atoms with E-state index in [1.54, 1.807) is 24.3 Å². The van der Waals surface area contributed by atoms with E-state index in [9.17, 15) is 33.2 Å². The Morgan fingerprint density at radius 3 is 2.56 bits per heavy atom. The number of carboxylic acids is 1. The summed E-state index contributed by atoms with van der Waals surface area (Å²) in [5, 5.41) is 24.7. The van der Waals surface area contributed by atoms with Gasteiger partial charge in [-0.15, -0.1) is 0 Å². The molecule has 1 atom stereocenters. The van der Waals surface area contributed by atoms with Crippen LogP contribution in [-0.4, -0.2) is 59.8 Å². The molecule has 0 saturated heterocycles. The molecule has 2 aromatic rings. The highest BCUT2D eigenvalue weighted by atomic mass is 32.2. The van der Waals surface area contributed by atoms with E-state index in [2.05, 4.69) is 5.32 Å². The van der Waals surface area contributed by atoms with Gasteiger partial charge in [-0.3, -0.25) is 10.1 Å². The topological polar surface area (TPSA) is 150 Å². The van der Waals surface area contributed by atoms with Gasteiger partial charge in [-0.1, -0.05) is 42.5 Å². The second-order valence-electron chi connectivity index (χ2n) is 8.16. The number of allylic oxidation sites excluding steroid dienone is 1. The van der Waals surface area contributed by atoms with Crippen LogP contribution in [0.25, 0.3) is 6.08 Å². The number of nitro benzene ring substituents is 1. The Hall–Kier alpha value is -4.03. The highest BCUT2D eigenvalue weighted by Gasteiger charge is 2.38. The predicted octanol–water partition coefficient (Wildman–Crippen LogP) is 3.34. The first-order chi connectivity index (χ1) is 17.0. The summed E-state index contributed by atoms with van der Waals surface area (Å²) in [5.41, 5.74) is 0.759. The maximum atomic E-state index is 12.8. The summed E-state index contributed by atoms with van der Waals surface area (Å²) in [6.45, 7) is 1.51. The number of carbonyl (C=O) groups excluding carboxylic acids is 1. The Morgan fingerprint density at radius 2 is 1.92 bits per heavy atom. The number of benzene rings is 2. The van der Waals surface area contributed by atoms with Gasteiger partial charge >= 0.3 is 12.0 Å². The monoisotopic (exact) mass is 514 g/mol. The quantitative estimate of drug-likeness (QED) is 0.365. The van der Waals surface area contributed by atoms with E-state index in [1.807, 2.05) is 6.07 Å². The van der Waals surface area contributed by atoms with Crippen LogP contribution in [0.3, 0.4) is 0 Å².